The second-order valence-electron chi connectivity index (χ2n) is 7.93. The molecule has 0 aliphatic rings. The van der Waals surface area contributed by atoms with E-state index in [9.17, 15) is 14.4 Å². The molecule has 8 heteroatoms. The molecule has 0 atom stereocenters. The molecule has 0 aliphatic heterocycles. The third-order valence-electron chi connectivity index (χ3n) is 5.74. The molecule has 2 aromatic heterocycles. The first-order chi connectivity index (χ1) is 15.8. The van der Waals surface area contributed by atoms with Gasteiger partial charge in [-0.1, -0.05) is 41.9 Å². The summed E-state index contributed by atoms with van der Waals surface area (Å²) < 4.78 is 3.19. The minimum atomic E-state index is -0.408. The van der Waals surface area contributed by atoms with Gasteiger partial charge in [-0.25, -0.2) is 4.68 Å². The van der Waals surface area contributed by atoms with Crippen molar-refractivity contribution in [2.45, 2.75) is 33.9 Å². The number of fused-ring (bicyclic) bond motifs is 1. The molecule has 0 unspecified atom stereocenters. The first-order valence-electron chi connectivity index (χ1n) is 10.5. The minimum absolute atomic E-state index is 0.0958. The first kappa shape index (κ1) is 22.5. The summed E-state index contributed by atoms with van der Waals surface area (Å²) in [6, 6.07) is 14.2. The largest absolute Gasteiger partial charge is 0.343 e. The third-order valence-corrected chi connectivity index (χ3v) is 6.11. The number of amides is 1. The average Bonchev–Trinajstić information content (AvgIpc) is 3.02. The highest BCUT2D eigenvalue weighted by molar-refractivity contribution is 6.31. The van der Waals surface area contributed by atoms with Gasteiger partial charge in [-0.05, 0) is 44.5 Å². The number of carbonyl (C=O) groups is 2. The van der Waals surface area contributed by atoms with Gasteiger partial charge >= 0.3 is 0 Å². The van der Waals surface area contributed by atoms with E-state index in [1.54, 1.807) is 30.5 Å². The van der Waals surface area contributed by atoms with E-state index < -0.39 is 5.91 Å². The van der Waals surface area contributed by atoms with Crippen LogP contribution in [-0.4, -0.2) is 26.0 Å². The number of nitrogens with one attached hydrogen (secondary N) is 1. The maximum Gasteiger partial charge on any atom is 0.276 e. The van der Waals surface area contributed by atoms with Gasteiger partial charge in [0.15, 0.2) is 5.78 Å². The molecule has 2 heterocycles. The van der Waals surface area contributed by atoms with Crippen molar-refractivity contribution in [1.29, 1.82) is 0 Å². The molecule has 0 saturated heterocycles. The van der Waals surface area contributed by atoms with Crippen LogP contribution in [0.15, 0.2) is 59.5 Å². The molecule has 0 bridgehead atoms. The second-order valence-corrected chi connectivity index (χ2v) is 8.34. The zero-order valence-electron chi connectivity index (χ0n) is 18.6. The van der Waals surface area contributed by atoms with E-state index in [1.165, 1.54) is 6.92 Å². The van der Waals surface area contributed by atoms with Gasteiger partial charge < -0.3 is 9.88 Å². The molecule has 0 fully saturated rings. The SMILES string of the molecule is CC(=O)c1cccc(NC(=O)Cn2ncc3c(C)n(Cc4ccccc4Cl)c(C)c3c2=O)c1. The van der Waals surface area contributed by atoms with Gasteiger partial charge in [-0.2, -0.15) is 5.10 Å². The van der Waals surface area contributed by atoms with Crippen LogP contribution in [0.4, 0.5) is 5.69 Å². The molecular formula is C25H23ClN4O3. The number of halogens is 1. The highest BCUT2D eigenvalue weighted by Crippen LogP contribution is 2.25. The average molecular weight is 463 g/mol. The molecule has 2 aromatic carbocycles. The standard InChI is InChI=1S/C25H23ClN4O3/c1-15-21-12-27-30(14-23(32)28-20-9-6-8-18(11-20)17(3)31)25(33)24(21)16(2)29(15)13-19-7-4-5-10-22(19)26/h4-12H,13-14H2,1-3H3,(H,28,32). The maximum absolute atomic E-state index is 13.2. The lowest BCUT2D eigenvalue weighted by atomic mass is 10.1. The summed E-state index contributed by atoms with van der Waals surface area (Å²) in [5, 5.41) is 8.88. The van der Waals surface area contributed by atoms with Crippen molar-refractivity contribution in [1.82, 2.24) is 14.3 Å². The number of anilines is 1. The van der Waals surface area contributed by atoms with Crippen LogP contribution >= 0.6 is 11.6 Å². The molecular weight excluding hydrogens is 440 g/mol. The van der Waals surface area contributed by atoms with Crippen molar-refractivity contribution in [3.05, 3.63) is 92.6 Å². The van der Waals surface area contributed by atoms with Crippen LogP contribution in [0.3, 0.4) is 0 Å². The van der Waals surface area contributed by atoms with E-state index in [0.717, 1.165) is 27.0 Å². The molecule has 4 aromatic rings. The normalized spacial score (nSPS) is 11.0. The Morgan fingerprint density at radius 3 is 2.55 bits per heavy atom. The van der Waals surface area contributed by atoms with Crippen LogP contribution in [0.25, 0.3) is 10.8 Å². The lowest BCUT2D eigenvalue weighted by Gasteiger charge is -2.10. The van der Waals surface area contributed by atoms with E-state index in [1.807, 2.05) is 42.7 Å². The van der Waals surface area contributed by atoms with E-state index in [2.05, 4.69) is 10.4 Å². The third kappa shape index (κ3) is 4.45. The topological polar surface area (TPSA) is 86.0 Å². The van der Waals surface area contributed by atoms with E-state index >= 15 is 0 Å². The Bertz CT molecular complexity index is 1450. The predicted octanol–water partition coefficient (Wildman–Crippen LogP) is 4.36. The fourth-order valence-electron chi connectivity index (χ4n) is 3.94. The van der Waals surface area contributed by atoms with Crippen LogP contribution in [0.2, 0.25) is 5.02 Å². The van der Waals surface area contributed by atoms with Gasteiger partial charge in [-0.3, -0.25) is 14.4 Å². The van der Waals surface area contributed by atoms with Crippen LogP contribution in [0.1, 0.15) is 34.2 Å². The fraction of sp³-hybridized carbons (Fsp3) is 0.200. The zero-order valence-corrected chi connectivity index (χ0v) is 19.3. The van der Waals surface area contributed by atoms with E-state index in [-0.39, 0.29) is 17.9 Å². The van der Waals surface area contributed by atoms with Gasteiger partial charge in [0, 0.05) is 39.6 Å². The molecule has 0 aliphatic carbocycles. The number of ketones is 1. The summed E-state index contributed by atoms with van der Waals surface area (Å²) in [5.74, 6) is -0.504. The van der Waals surface area contributed by atoms with Gasteiger partial charge in [-0.15, -0.1) is 0 Å². The monoisotopic (exact) mass is 462 g/mol. The summed E-state index contributed by atoms with van der Waals surface area (Å²) in [6.07, 6.45) is 1.62. The Morgan fingerprint density at radius 2 is 1.82 bits per heavy atom. The minimum Gasteiger partial charge on any atom is -0.343 e. The lowest BCUT2D eigenvalue weighted by molar-refractivity contribution is -0.117. The number of benzene rings is 2. The van der Waals surface area contributed by atoms with Crippen molar-refractivity contribution in [3.8, 4) is 0 Å². The number of rotatable bonds is 6. The van der Waals surface area contributed by atoms with Gasteiger partial charge in [0.05, 0.1) is 11.6 Å². The summed E-state index contributed by atoms with van der Waals surface area (Å²) >= 11 is 6.33. The number of hydrogen-bond donors (Lipinski definition) is 1. The van der Waals surface area contributed by atoms with E-state index in [0.29, 0.717) is 28.2 Å². The Morgan fingerprint density at radius 1 is 1.06 bits per heavy atom. The highest BCUT2D eigenvalue weighted by Gasteiger charge is 2.18. The van der Waals surface area contributed by atoms with Crippen molar-refractivity contribution in [2.75, 3.05) is 5.32 Å². The molecule has 4 rings (SSSR count). The van der Waals surface area contributed by atoms with Crippen molar-refractivity contribution < 1.29 is 9.59 Å². The second kappa shape index (κ2) is 9.03. The first-order valence-corrected chi connectivity index (χ1v) is 10.8. The quantitative estimate of drug-likeness (QED) is 0.431. The Kier molecular flexibility index (Phi) is 6.16. The number of aryl methyl sites for hydroxylation is 2. The molecule has 0 saturated carbocycles. The molecule has 7 nitrogen and oxygen atoms in total. The molecule has 1 amide bonds. The summed E-state index contributed by atoms with van der Waals surface area (Å²) in [7, 11) is 0. The summed E-state index contributed by atoms with van der Waals surface area (Å²) in [6.45, 7) is 5.56. The molecule has 0 spiro atoms. The molecule has 168 valence electrons. The Balaban J connectivity index is 1.63. The number of hydrogen-bond acceptors (Lipinski definition) is 4. The van der Waals surface area contributed by atoms with Crippen molar-refractivity contribution >= 4 is 39.8 Å². The number of carbonyl (C=O) groups excluding carboxylic acids is 2. The van der Waals surface area contributed by atoms with Gasteiger partial charge in [0.1, 0.15) is 6.54 Å². The lowest BCUT2D eigenvalue weighted by Crippen LogP contribution is -2.29. The number of aromatic nitrogens is 3. The van der Waals surface area contributed by atoms with Crippen molar-refractivity contribution in [3.63, 3.8) is 0 Å². The fourth-order valence-corrected chi connectivity index (χ4v) is 4.14. The van der Waals surface area contributed by atoms with Crippen LogP contribution in [0.5, 0.6) is 0 Å². The predicted molar refractivity (Wildman–Crippen MR) is 129 cm³/mol. The number of Topliss-reactive ketones (excluding diaryl/α,β-unsaturated/α-hetero) is 1. The van der Waals surface area contributed by atoms with Gasteiger partial charge in [0.2, 0.25) is 5.91 Å². The summed E-state index contributed by atoms with van der Waals surface area (Å²) in [4.78, 5) is 37.3. The molecule has 0 radical (unpaired) electrons. The molecule has 33 heavy (non-hydrogen) atoms. The van der Waals surface area contributed by atoms with Gasteiger partial charge in [0.25, 0.3) is 5.56 Å². The van der Waals surface area contributed by atoms with E-state index in [4.69, 9.17) is 11.6 Å². The number of nitrogens with zero attached hydrogens (tertiary/aromatic N) is 3. The Labute approximate surface area is 195 Å². The van der Waals surface area contributed by atoms with Crippen LogP contribution < -0.4 is 10.9 Å². The smallest absolute Gasteiger partial charge is 0.276 e. The Hall–Kier alpha value is -3.71. The highest BCUT2D eigenvalue weighted by atomic mass is 35.5. The van der Waals surface area contributed by atoms with Crippen molar-refractivity contribution in [2.24, 2.45) is 0 Å². The molecule has 1 N–H and O–H groups in total. The maximum atomic E-state index is 13.2. The van der Waals surface area contributed by atoms with Crippen LogP contribution in [-0.2, 0) is 17.9 Å². The summed E-state index contributed by atoms with van der Waals surface area (Å²) in [5.41, 5.74) is 3.29. The zero-order chi connectivity index (χ0) is 23.7. The van der Waals surface area contributed by atoms with Crippen LogP contribution in [0, 0.1) is 13.8 Å².